The predicted molar refractivity (Wildman–Crippen MR) is 69.6 cm³/mol. The van der Waals surface area contributed by atoms with E-state index in [1.165, 1.54) is 12.3 Å². The molecule has 19 heavy (non-hydrogen) atoms. The van der Waals surface area contributed by atoms with Gasteiger partial charge in [-0.1, -0.05) is 42.5 Å². The fraction of sp³-hybridized carbons (Fsp3) is 0.0667. The van der Waals surface area contributed by atoms with Crippen LogP contribution in [0.5, 0.6) is 5.75 Å². The van der Waals surface area contributed by atoms with Gasteiger partial charge in [0.25, 0.3) is 5.78 Å². The zero-order chi connectivity index (χ0) is 13.7. The minimum absolute atomic E-state index is 0.513. The fourth-order valence-corrected chi connectivity index (χ4v) is 1.68. The Balaban J connectivity index is 2.17. The van der Waals surface area contributed by atoms with Crippen LogP contribution in [-0.2, 0) is 9.59 Å². The molecule has 0 saturated carbocycles. The largest absolute Gasteiger partial charge is 0.475 e. The molecule has 0 fully saturated rings. The lowest BCUT2D eigenvalue weighted by atomic mass is 9.91. The van der Waals surface area contributed by atoms with E-state index in [0.29, 0.717) is 11.3 Å². The van der Waals surface area contributed by atoms with Crippen LogP contribution < -0.4 is 4.74 Å². The maximum Gasteiger partial charge on any atom is 0.373 e. The van der Waals surface area contributed by atoms with Gasteiger partial charge in [-0.3, -0.25) is 4.79 Å². The van der Waals surface area contributed by atoms with Gasteiger partial charge in [-0.2, -0.15) is 0 Å². The lowest BCUT2D eigenvalue weighted by Crippen LogP contribution is -2.24. The molecule has 4 nitrogen and oxygen atoms in total. The number of Topliss-reactive ketones (excluding diaryl/α,β-unsaturated/α-hetero) is 1. The van der Waals surface area contributed by atoms with E-state index in [2.05, 4.69) is 0 Å². The summed E-state index contributed by atoms with van der Waals surface area (Å²) in [7, 11) is 0. The molecule has 0 aliphatic heterocycles. The number of rotatable bonds is 4. The van der Waals surface area contributed by atoms with Gasteiger partial charge in [0.15, 0.2) is 0 Å². The normalized spacial score (nSPS) is 19.4. The third-order valence-electron chi connectivity index (χ3n) is 2.63. The topological polar surface area (TPSA) is 63.6 Å². The maximum atomic E-state index is 11.5. The minimum Gasteiger partial charge on any atom is -0.475 e. The number of hydrogen-bond donors (Lipinski definition) is 1. The summed E-state index contributed by atoms with van der Waals surface area (Å²) in [5, 5.41) is 8.76. The molecule has 0 amide bonds. The highest BCUT2D eigenvalue weighted by Crippen LogP contribution is 2.21. The number of carbonyl (C=O) groups excluding carboxylic acids is 1. The Labute approximate surface area is 110 Å². The van der Waals surface area contributed by atoms with Crippen molar-refractivity contribution in [1.29, 1.82) is 0 Å². The number of benzene rings is 1. The number of allylic oxidation sites excluding steroid dienone is 5. The zero-order valence-corrected chi connectivity index (χ0v) is 10.0. The van der Waals surface area contributed by atoms with Crippen molar-refractivity contribution in [2.45, 2.75) is 0 Å². The van der Waals surface area contributed by atoms with Crippen molar-refractivity contribution < 1.29 is 19.4 Å². The molecule has 96 valence electrons. The molecule has 0 spiro atoms. The summed E-state index contributed by atoms with van der Waals surface area (Å²) in [4.78, 5) is 22.3. The highest BCUT2D eigenvalue weighted by Gasteiger charge is 2.26. The zero-order valence-electron chi connectivity index (χ0n) is 10.0. The molecule has 1 atom stereocenters. The highest BCUT2D eigenvalue weighted by molar-refractivity contribution is 6.34. The standard InChI is InChI=1S/C15H12O4/c16-14(15(17)18)13-9-5-4-6-11(13)10-19-12-7-2-1-3-8-12/h1-10,13H,(H,17,18). The van der Waals surface area contributed by atoms with Crippen LogP contribution in [0.15, 0.2) is 66.5 Å². The third kappa shape index (κ3) is 3.19. The average molecular weight is 256 g/mol. The summed E-state index contributed by atoms with van der Waals surface area (Å²) in [5.41, 5.74) is 0.513. The molecular formula is C15H12O4. The molecule has 1 aromatic rings. The lowest BCUT2D eigenvalue weighted by molar-refractivity contribution is -0.149. The number of para-hydroxylation sites is 1. The minimum atomic E-state index is -1.45. The summed E-state index contributed by atoms with van der Waals surface area (Å²) in [5.74, 6) is -2.50. The van der Waals surface area contributed by atoms with Crippen LogP contribution in [0, 0.1) is 5.92 Å². The first kappa shape index (κ1) is 12.8. The van der Waals surface area contributed by atoms with E-state index in [4.69, 9.17) is 9.84 Å². The molecule has 0 saturated heterocycles. The van der Waals surface area contributed by atoms with Crippen molar-refractivity contribution in [3.63, 3.8) is 0 Å². The molecule has 0 radical (unpaired) electrons. The number of carbonyl (C=O) groups is 2. The SMILES string of the molecule is O=C(O)C(=O)C1C=CC=CC1=COc1ccccc1. The Kier molecular flexibility index (Phi) is 3.93. The molecule has 1 aliphatic rings. The molecule has 4 heteroatoms. The van der Waals surface area contributed by atoms with Crippen molar-refractivity contribution in [3.8, 4) is 5.75 Å². The van der Waals surface area contributed by atoms with E-state index in [1.807, 2.05) is 18.2 Å². The van der Waals surface area contributed by atoms with E-state index in [0.717, 1.165) is 0 Å². The van der Waals surface area contributed by atoms with Crippen LogP contribution in [0.2, 0.25) is 0 Å². The molecule has 1 aliphatic carbocycles. The molecule has 1 N–H and O–H groups in total. The van der Waals surface area contributed by atoms with Crippen molar-refractivity contribution >= 4 is 11.8 Å². The molecule has 0 aromatic heterocycles. The van der Waals surface area contributed by atoms with Crippen LogP contribution in [-0.4, -0.2) is 16.9 Å². The number of ketones is 1. The molecule has 1 unspecified atom stereocenters. The van der Waals surface area contributed by atoms with Crippen LogP contribution in [0.3, 0.4) is 0 Å². The Hall–Kier alpha value is -2.62. The van der Waals surface area contributed by atoms with Gasteiger partial charge in [-0.05, 0) is 12.1 Å². The third-order valence-corrected chi connectivity index (χ3v) is 2.63. The summed E-state index contributed by atoms with van der Waals surface area (Å²) in [6.07, 6.45) is 7.98. The first-order valence-electron chi connectivity index (χ1n) is 5.72. The first-order chi connectivity index (χ1) is 9.18. The summed E-state index contributed by atoms with van der Waals surface area (Å²) in [6, 6.07) is 9.05. The number of carboxylic acids is 1. The van der Waals surface area contributed by atoms with E-state index in [9.17, 15) is 9.59 Å². The van der Waals surface area contributed by atoms with Gasteiger partial charge in [0.05, 0.1) is 12.2 Å². The summed E-state index contributed by atoms with van der Waals surface area (Å²) < 4.78 is 5.41. The second-order valence-electron chi connectivity index (χ2n) is 3.94. The van der Waals surface area contributed by atoms with E-state index in [1.54, 1.807) is 30.4 Å². The molecule has 0 heterocycles. The van der Waals surface area contributed by atoms with Crippen molar-refractivity contribution in [3.05, 3.63) is 66.5 Å². The Bertz CT molecular complexity index is 567. The van der Waals surface area contributed by atoms with Crippen LogP contribution in [0.25, 0.3) is 0 Å². The van der Waals surface area contributed by atoms with E-state index < -0.39 is 17.7 Å². The smallest absolute Gasteiger partial charge is 0.373 e. The number of ether oxygens (including phenoxy) is 1. The monoisotopic (exact) mass is 256 g/mol. The van der Waals surface area contributed by atoms with Gasteiger partial charge in [-0.15, -0.1) is 0 Å². The second kappa shape index (κ2) is 5.82. The van der Waals surface area contributed by atoms with Crippen LogP contribution >= 0.6 is 0 Å². The highest BCUT2D eigenvalue weighted by atomic mass is 16.5. The average Bonchev–Trinajstić information content (AvgIpc) is 2.45. The Morgan fingerprint density at radius 2 is 1.89 bits per heavy atom. The van der Waals surface area contributed by atoms with E-state index >= 15 is 0 Å². The molecule has 2 rings (SSSR count). The fourth-order valence-electron chi connectivity index (χ4n) is 1.68. The first-order valence-corrected chi connectivity index (χ1v) is 5.72. The van der Waals surface area contributed by atoms with Gasteiger partial charge < -0.3 is 9.84 Å². The number of aliphatic carboxylic acids is 1. The van der Waals surface area contributed by atoms with Gasteiger partial charge in [0.2, 0.25) is 0 Å². The second-order valence-corrected chi connectivity index (χ2v) is 3.94. The number of carboxylic acid groups (broad SMARTS) is 1. The van der Waals surface area contributed by atoms with Gasteiger partial charge in [0.1, 0.15) is 5.75 Å². The van der Waals surface area contributed by atoms with Gasteiger partial charge in [0, 0.05) is 5.57 Å². The van der Waals surface area contributed by atoms with Gasteiger partial charge >= 0.3 is 5.97 Å². The van der Waals surface area contributed by atoms with E-state index in [-0.39, 0.29) is 0 Å². The Morgan fingerprint density at radius 3 is 2.58 bits per heavy atom. The number of hydrogen-bond acceptors (Lipinski definition) is 3. The lowest BCUT2D eigenvalue weighted by Gasteiger charge is -2.13. The molecule has 1 aromatic carbocycles. The maximum absolute atomic E-state index is 11.5. The molecule has 0 bridgehead atoms. The predicted octanol–water partition coefficient (Wildman–Crippen LogP) is 2.35. The van der Waals surface area contributed by atoms with Crippen LogP contribution in [0.1, 0.15) is 0 Å². The van der Waals surface area contributed by atoms with Gasteiger partial charge in [-0.25, -0.2) is 4.79 Å². The van der Waals surface area contributed by atoms with Crippen LogP contribution in [0.4, 0.5) is 0 Å². The van der Waals surface area contributed by atoms with Crippen molar-refractivity contribution in [2.24, 2.45) is 5.92 Å². The van der Waals surface area contributed by atoms with Crippen molar-refractivity contribution in [1.82, 2.24) is 0 Å². The summed E-state index contributed by atoms with van der Waals surface area (Å²) >= 11 is 0. The molecular weight excluding hydrogens is 244 g/mol. The Morgan fingerprint density at radius 1 is 1.16 bits per heavy atom. The quantitative estimate of drug-likeness (QED) is 0.663. The summed E-state index contributed by atoms with van der Waals surface area (Å²) in [6.45, 7) is 0. The van der Waals surface area contributed by atoms with Crippen molar-refractivity contribution in [2.75, 3.05) is 0 Å².